The first-order chi connectivity index (χ1) is 17.5. The van der Waals surface area contributed by atoms with Gasteiger partial charge >= 0.3 is 5.97 Å². The van der Waals surface area contributed by atoms with E-state index in [1.165, 1.54) is 4.90 Å². The Balaban J connectivity index is 1.17. The number of hydrogen-bond donors (Lipinski definition) is 1. The zero-order chi connectivity index (χ0) is 25.5. The Morgan fingerprint density at radius 2 is 1.39 bits per heavy atom. The Morgan fingerprint density at radius 3 is 2.00 bits per heavy atom. The fraction of sp³-hybridized carbons (Fsp3) is 0.214. The highest BCUT2D eigenvalue weighted by molar-refractivity contribution is 6.21. The lowest BCUT2D eigenvalue weighted by Gasteiger charge is -2.13. The van der Waals surface area contributed by atoms with E-state index < -0.39 is 0 Å². The number of anilines is 1. The molecule has 0 aliphatic carbocycles. The maximum atomic E-state index is 12.4. The summed E-state index contributed by atoms with van der Waals surface area (Å²) < 4.78 is 10.4. The van der Waals surface area contributed by atoms with Crippen molar-refractivity contribution in [2.75, 3.05) is 19.0 Å². The first-order valence-corrected chi connectivity index (χ1v) is 11.7. The number of carbonyl (C=O) groups is 4. The second-order valence-electron chi connectivity index (χ2n) is 8.30. The van der Waals surface area contributed by atoms with Gasteiger partial charge in [-0.1, -0.05) is 18.6 Å². The fourth-order valence-corrected chi connectivity index (χ4v) is 3.89. The number of nitrogens with zero attached hydrogens (tertiary/aromatic N) is 1. The predicted molar refractivity (Wildman–Crippen MR) is 133 cm³/mol. The molecule has 8 nitrogen and oxygen atoms in total. The number of hydrogen-bond acceptors (Lipinski definition) is 6. The lowest BCUT2D eigenvalue weighted by atomic mass is 10.1. The van der Waals surface area contributed by atoms with Gasteiger partial charge in [-0.25, -0.2) is 0 Å². The smallest absolute Gasteiger partial charge is 0.311 e. The van der Waals surface area contributed by atoms with Crippen LogP contribution in [0.15, 0.2) is 72.8 Å². The molecule has 36 heavy (non-hydrogen) atoms. The van der Waals surface area contributed by atoms with Crippen molar-refractivity contribution in [3.8, 4) is 11.5 Å². The SMILES string of the molecule is COc1ccc(NC(=O)c2ccc(OC(=O)CCCCCN3C(=O)c4ccccc4C3=O)cc2)cc1. The monoisotopic (exact) mass is 486 g/mol. The Morgan fingerprint density at radius 1 is 0.778 bits per heavy atom. The molecule has 3 aromatic carbocycles. The molecule has 0 atom stereocenters. The topological polar surface area (TPSA) is 102 Å². The normalized spacial score (nSPS) is 12.3. The third kappa shape index (κ3) is 5.78. The average molecular weight is 487 g/mol. The maximum absolute atomic E-state index is 12.4. The number of ether oxygens (including phenoxy) is 2. The summed E-state index contributed by atoms with van der Waals surface area (Å²) in [4.78, 5) is 50.6. The molecule has 0 unspecified atom stereocenters. The lowest BCUT2D eigenvalue weighted by molar-refractivity contribution is -0.134. The summed E-state index contributed by atoms with van der Waals surface area (Å²) in [6.07, 6.45) is 2.07. The van der Waals surface area contributed by atoms with Gasteiger partial charge in [0.2, 0.25) is 0 Å². The first kappa shape index (κ1) is 24.7. The molecule has 0 bridgehead atoms. The number of nitrogens with one attached hydrogen (secondary N) is 1. The van der Waals surface area contributed by atoms with E-state index >= 15 is 0 Å². The Hall–Kier alpha value is -4.46. The highest BCUT2D eigenvalue weighted by Gasteiger charge is 2.34. The molecule has 0 saturated heterocycles. The molecule has 0 spiro atoms. The molecule has 0 saturated carbocycles. The Bertz CT molecular complexity index is 1230. The van der Waals surface area contributed by atoms with Gasteiger partial charge in [0, 0.05) is 24.2 Å². The van der Waals surface area contributed by atoms with Gasteiger partial charge in [0.15, 0.2) is 0 Å². The molecule has 1 aliphatic heterocycles. The van der Waals surface area contributed by atoms with Crippen LogP contribution in [0.3, 0.4) is 0 Å². The van der Waals surface area contributed by atoms with Crippen molar-refractivity contribution in [1.82, 2.24) is 4.90 Å². The zero-order valence-electron chi connectivity index (χ0n) is 19.9. The number of benzene rings is 3. The molecule has 0 fully saturated rings. The summed E-state index contributed by atoms with van der Waals surface area (Å²) in [6, 6.07) is 20.1. The van der Waals surface area contributed by atoms with E-state index in [0.717, 1.165) is 0 Å². The zero-order valence-corrected chi connectivity index (χ0v) is 19.9. The summed E-state index contributed by atoms with van der Waals surface area (Å²) in [5.41, 5.74) is 1.95. The molecular weight excluding hydrogens is 460 g/mol. The van der Waals surface area contributed by atoms with E-state index in [1.54, 1.807) is 79.9 Å². The minimum Gasteiger partial charge on any atom is -0.497 e. The number of unbranched alkanes of at least 4 members (excludes halogenated alkanes) is 2. The molecule has 1 aliphatic rings. The van der Waals surface area contributed by atoms with Gasteiger partial charge in [0.25, 0.3) is 17.7 Å². The maximum Gasteiger partial charge on any atom is 0.311 e. The molecule has 8 heteroatoms. The average Bonchev–Trinajstić information content (AvgIpc) is 3.14. The fourth-order valence-electron chi connectivity index (χ4n) is 3.89. The summed E-state index contributed by atoms with van der Waals surface area (Å²) in [7, 11) is 1.57. The number of amides is 3. The molecular formula is C28H26N2O6. The Labute approximate surface area is 208 Å². The van der Waals surface area contributed by atoms with Crippen LogP contribution in [-0.2, 0) is 4.79 Å². The van der Waals surface area contributed by atoms with Crippen molar-refractivity contribution in [2.24, 2.45) is 0 Å². The van der Waals surface area contributed by atoms with Crippen molar-refractivity contribution < 1.29 is 28.7 Å². The first-order valence-electron chi connectivity index (χ1n) is 11.7. The van der Waals surface area contributed by atoms with Gasteiger partial charge in [-0.05, 0) is 73.5 Å². The van der Waals surface area contributed by atoms with Gasteiger partial charge in [0.05, 0.1) is 18.2 Å². The van der Waals surface area contributed by atoms with Gasteiger partial charge in [-0.15, -0.1) is 0 Å². The molecule has 3 amide bonds. The van der Waals surface area contributed by atoms with Gasteiger partial charge in [0.1, 0.15) is 11.5 Å². The van der Waals surface area contributed by atoms with Crippen molar-refractivity contribution in [2.45, 2.75) is 25.7 Å². The van der Waals surface area contributed by atoms with Crippen molar-refractivity contribution in [1.29, 1.82) is 0 Å². The van der Waals surface area contributed by atoms with Crippen LogP contribution in [0, 0.1) is 0 Å². The van der Waals surface area contributed by atoms with Crippen molar-refractivity contribution in [3.05, 3.63) is 89.5 Å². The molecule has 184 valence electrons. The molecule has 0 radical (unpaired) electrons. The standard InChI is InChI=1S/C28H26N2O6/c1-35-21-16-12-20(13-17-21)29-26(32)19-10-14-22(15-11-19)36-25(31)9-3-2-6-18-30-27(33)23-7-4-5-8-24(23)28(30)34/h4-5,7-8,10-17H,2-3,6,9,18H2,1H3,(H,29,32). The number of rotatable bonds is 10. The van der Waals surface area contributed by atoms with Gasteiger partial charge < -0.3 is 14.8 Å². The largest absolute Gasteiger partial charge is 0.497 e. The van der Waals surface area contributed by atoms with Crippen LogP contribution in [0.4, 0.5) is 5.69 Å². The third-order valence-electron chi connectivity index (χ3n) is 5.84. The number of esters is 1. The number of methoxy groups -OCH3 is 1. The highest BCUT2D eigenvalue weighted by Crippen LogP contribution is 2.23. The van der Waals surface area contributed by atoms with Crippen LogP contribution in [0.1, 0.15) is 56.8 Å². The van der Waals surface area contributed by atoms with E-state index in [0.29, 0.717) is 59.7 Å². The number of imide groups is 1. The van der Waals surface area contributed by atoms with Crippen LogP contribution >= 0.6 is 0 Å². The van der Waals surface area contributed by atoms with Crippen molar-refractivity contribution in [3.63, 3.8) is 0 Å². The summed E-state index contributed by atoms with van der Waals surface area (Å²) in [6.45, 7) is 0.321. The van der Waals surface area contributed by atoms with E-state index in [2.05, 4.69) is 5.32 Å². The number of carbonyl (C=O) groups excluding carboxylic acids is 4. The quantitative estimate of drug-likeness (QED) is 0.193. The predicted octanol–water partition coefficient (Wildman–Crippen LogP) is 4.71. The van der Waals surface area contributed by atoms with E-state index in [1.807, 2.05) is 0 Å². The van der Waals surface area contributed by atoms with Crippen molar-refractivity contribution >= 4 is 29.4 Å². The number of fused-ring (bicyclic) bond motifs is 1. The minimum atomic E-state index is -0.383. The summed E-state index contributed by atoms with van der Waals surface area (Å²) in [5.74, 6) is -0.150. The molecule has 3 aromatic rings. The van der Waals surface area contributed by atoms with Crippen LogP contribution in [-0.4, -0.2) is 42.2 Å². The second kappa shape index (κ2) is 11.3. The molecule has 1 heterocycles. The van der Waals surface area contributed by atoms with E-state index in [4.69, 9.17) is 9.47 Å². The van der Waals surface area contributed by atoms with E-state index in [9.17, 15) is 19.2 Å². The summed E-state index contributed by atoms with van der Waals surface area (Å²) >= 11 is 0. The van der Waals surface area contributed by atoms with Crippen LogP contribution in [0.5, 0.6) is 11.5 Å². The van der Waals surface area contributed by atoms with Gasteiger partial charge in [-0.2, -0.15) is 0 Å². The highest BCUT2D eigenvalue weighted by atomic mass is 16.5. The second-order valence-corrected chi connectivity index (χ2v) is 8.30. The summed E-state index contributed by atoms with van der Waals surface area (Å²) in [5, 5.41) is 2.79. The molecule has 4 rings (SSSR count). The molecule has 1 N–H and O–H groups in total. The van der Waals surface area contributed by atoms with Crippen LogP contribution < -0.4 is 14.8 Å². The third-order valence-corrected chi connectivity index (χ3v) is 5.84. The lowest BCUT2D eigenvalue weighted by Crippen LogP contribution is -2.30. The van der Waals surface area contributed by atoms with Crippen LogP contribution in [0.25, 0.3) is 0 Å². The Kier molecular flexibility index (Phi) is 7.75. The van der Waals surface area contributed by atoms with E-state index in [-0.39, 0.29) is 30.1 Å². The van der Waals surface area contributed by atoms with Gasteiger partial charge in [-0.3, -0.25) is 24.1 Å². The van der Waals surface area contributed by atoms with Crippen LogP contribution in [0.2, 0.25) is 0 Å². The minimum absolute atomic E-state index is 0.210. The molecule has 0 aromatic heterocycles.